The molecule has 0 spiro atoms. The van der Waals surface area contributed by atoms with Crippen molar-refractivity contribution in [3.63, 3.8) is 0 Å². The Labute approximate surface area is 189 Å². The van der Waals surface area contributed by atoms with E-state index >= 15 is 0 Å². The summed E-state index contributed by atoms with van der Waals surface area (Å²) in [6.07, 6.45) is 8.53. The smallest absolute Gasteiger partial charge is 0.319 e. The number of ether oxygens (including phenoxy) is 2. The van der Waals surface area contributed by atoms with Gasteiger partial charge in [0.05, 0.1) is 20.0 Å². The Balaban J connectivity index is 0. The van der Waals surface area contributed by atoms with Crippen LogP contribution >= 0.6 is 0 Å². The van der Waals surface area contributed by atoms with Crippen LogP contribution in [0.1, 0.15) is 50.8 Å². The molecule has 0 radical (unpaired) electrons. The zero-order valence-electron chi connectivity index (χ0n) is 20.7. The van der Waals surface area contributed by atoms with Crippen molar-refractivity contribution in [2.75, 3.05) is 14.2 Å². The summed E-state index contributed by atoms with van der Waals surface area (Å²) in [7, 11) is 3.08. The topological polar surface area (TPSA) is 64.5 Å². The third kappa shape index (κ3) is 18.7. The predicted octanol–water partition coefficient (Wildman–Crippen LogP) is 7.10. The van der Waals surface area contributed by atoms with Crippen LogP contribution in [0.2, 0.25) is 0 Å². The fourth-order valence-electron chi connectivity index (χ4n) is 1.84. The number of hydrogen-bond donors (Lipinski definition) is 1. The van der Waals surface area contributed by atoms with E-state index in [-0.39, 0.29) is 0 Å². The molecule has 0 saturated heterocycles. The van der Waals surface area contributed by atoms with Crippen molar-refractivity contribution in [3.8, 4) is 11.9 Å². The molecule has 5 heteroatoms. The third-order valence-corrected chi connectivity index (χ3v) is 3.51. The number of aliphatic hydroxyl groups is 1. The highest BCUT2D eigenvalue weighted by Gasteiger charge is 2.01. The summed E-state index contributed by atoms with van der Waals surface area (Å²) in [5.74, 6) is 0.932. The largest absolute Gasteiger partial charge is 0.513 e. The molecule has 1 N–H and O–H groups in total. The molecule has 5 nitrogen and oxygen atoms in total. The van der Waals surface area contributed by atoms with E-state index in [9.17, 15) is 0 Å². The predicted molar refractivity (Wildman–Crippen MR) is 132 cm³/mol. The molecule has 0 saturated carbocycles. The normalized spacial score (nSPS) is 9.90. The maximum absolute atomic E-state index is 8.22. The van der Waals surface area contributed by atoms with Gasteiger partial charge in [-0.1, -0.05) is 72.7 Å². The number of aliphatic hydroxyl groups excluding tert-OH is 1. The number of rotatable bonds is 4. The quantitative estimate of drug-likeness (QED) is 0.415. The van der Waals surface area contributed by atoms with Gasteiger partial charge in [0.2, 0.25) is 5.88 Å². The van der Waals surface area contributed by atoms with Crippen LogP contribution in [0.15, 0.2) is 66.6 Å². The summed E-state index contributed by atoms with van der Waals surface area (Å²) >= 11 is 0. The lowest BCUT2D eigenvalue weighted by Gasteiger charge is -2.03. The Kier molecular flexibility index (Phi) is 18.4. The Morgan fingerprint density at radius 1 is 1.10 bits per heavy atom. The van der Waals surface area contributed by atoms with Gasteiger partial charge >= 0.3 is 6.01 Å². The van der Waals surface area contributed by atoms with E-state index in [0.717, 1.165) is 17.6 Å². The van der Waals surface area contributed by atoms with Crippen LogP contribution in [0.5, 0.6) is 11.9 Å². The molecule has 31 heavy (non-hydrogen) atoms. The molecular weight excluding hydrogens is 388 g/mol. The second kappa shape index (κ2) is 18.9. The molecular formula is C26H40N2O3. The van der Waals surface area contributed by atoms with Gasteiger partial charge in [-0.2, -0.15) is 4.98 Å². The molecule has 0 bridgehead atoms. The highest BCUT2D eigenvalue weighted by atomic mass is 16.5. The number of allylic oxidation sites excluding steroid dienone is 5. The average molecular weight is 429 g/mol. The van der Waals surface area contributed by atoms with Gasteiger partial charge < -0.3 is 14.6 Å². The highest BCUT2D eigenvalue weighted by molar-refractivity contribution is 5.23. The first-order valence-electron chi connectivity index (χ1n) is 10.2. The second-order valence-electron chi connectivity index (χ2n) is 6.79. The molecule has 0 aliphatic carbocycles. The molecule has 2 rings (SSSR count). The van der Waals surface area contributed by atoms with Gasteiger partial charge in [0.1, 0.15) is 0 Å². The summed E-state index contributed by atoms with van der Waals surface area (Å²) in [5.41, 5.74) is 4.70. The monoisotopic (exact) mass is 428 g/mol. The first-order chi connectivity index (χ1) is 14.6. The standard InChI is InChI=1S/C8H10.C7H10N2O2.C7H12.C4H8O/c1-7-4-3-5-8(2)6-7;1-5-4-8-7(11-3)9-6(5)10-2;1-4-5-6-7(2)3;1-3-4(2)5/h3-6H,1-2H3;4H,1-3H3;5-6H,2,4H2,1,3H3;3,5H,1-2H3/b;;6-5-;4-3+. The fourth-order valence-corrected chi connectivity index (χ4v) is 1.84. The Hall–Kier alpha value is -3.08. The van der Waals surface area contributed by atoms with E-state index < -0.39 is 0 Å². The van der Waals surface area contributed by atoms with E-state index in [1.165, 1.54) is 18.2 Å². The Morgan fingerprint density at radius 3 is 1.94 bits per heavy atom. The fraction of sp³-hybridized carbons (Fsp3) is 0.385. The van der Waals surface area contributed by atoms with Crippen LogP contribution in [-0.4, -0.2) is 29.3 Å². The third-order valence-electron chi connectivity index (χ3n) is 3.51. The molecule has 0 aliphatic heterocycles. The summed E-state index contributed by atoms with van der Waals surface area (Å²) in [6, 6.07) is 8.78. The highest BCUT2D eigenvalue weighted by Crippen LogP contribution is 2.14. The lowest BCUT2D eigenvalue weighted by molar-refractivity contribution is 0.350. The van der Waals surface area contributed by atoms with Crippen molar-refractivity contribution in [3.05, 3.63) is 83.3 Å². The van der Waals surface area contributed by atoms with Crippen molar-refractivity contribution in [1.29, 1.82) is 0 Å². The first-order valence-corrected chi connectivity index (χ1v) is 10.2. The Bertz CT molecular complexity index is 791. The molecule has 2 aromatic rings. The maximum atomic E-state index is 8.22. The zero-order valence-corrected chi connectivity index (χ0v) is 20.7. The Morgan fingerprint density at radius 2 is 1.65 bits per heavy atom. The molecule has 0 unspecified atom stereocenters. The molecule has 0 atom stereocenters. The van der Waals surface area contributed by atoms with Gasteiger partial charge in [-0.05, 0) is 48.0 Å². The zero-order chi connectivity index (χ0) is 24.2. The number of aryl methyl sites for hydroxylation is 3. The number of hydrogen-bond acceptors (Lipinski definition) is 5. The second-order valence-corrected chi connectivity index (χ2v) is 6.79. The molecule has 1 aromatic heterocycles. The van der Waals surface area contributed by atoms with Crippen LogP contribution < -0.4 is 9.47 Å². The number of aromatic nitrogens is 2. The summed E-state index contributed by atoms with van der Waals surface area (Å²) in [6.45, 7) is 17.3. The molecule has 1 heterocycles. The minimum Gasteiger partial charge on any atom is -0.513 e. The summed E-state index contributed by atoms with van der Waals surface area (Å²) in [4.78, 5) is 7.85. The van der Waals surface area contributed by atoms with E-state index in [1.807, 2.05) is 19.9 Å². The minimum atomic E-state index is 0.326. The van der Waals surface area contributed by atoms with Crippen LogP contribution in [0.3, 0.4) is 0 Å². The van der Waals surface area contributed by atoms with Crippen molar-refractivity contribution < 1.29 is 14.6 Å². The molecule has 0 amide bonds. The molecule has 0 fully saturated rings. The molecule has 1 aromatic carbocycles. The van der Waals surface area contributed by atoms with Gasteiger partial charge in [0.25, 0.3) is 0 Å². The average Bonchev–Trinajstić information content (AvgIpc) is 2.73. The summed E-state index contributed by atoms with van der Waals surface area (Å²) in [5, 5.41) is 8.22. The lowest BCUT2D eigenvalue weighted by atomic mass is 10.2. The van der Waals surface area contributed by atoms with Crippen molar-refractivity contribution in [2.24, 2.45) is 0 Å². The minimum absolute atomic E-state index is 0.326. The van der Waals surface area contributed by atoms with Gasteiger partial charge in [-0.15, -0.1) is 0 Å². The first kappa shape index (κ1) is 30.1. The number of benzene rings is 1. The van der Waals surface area contributed by atoms with E-state index in [1.54, 1.807) is 33.2 Å². The van der Waals surface area contributed by atoms with E-state index in [2.05, 4.69) is 67.7 Å². The van der Waals surface area contributed by atoms with E-state index in [0.29, 0.717) is 17.6 Å². The number of nitrogens with zero attached hydrogens (tertiary/aromatic N) is 2. The van der Waals surface area contributed by atoms with Crippen molar-refractivity contribution in [1.82, 2.24) is 9.97 Å². The maximum Gasteiger partial charge on any atom is 0.319 e. The van der Waals surface area contributed by atoms with Crippen LogP contribution in [-0.2, 0) is 0 Å². The van der Waals surface area contributed by atoms with Crippen molar-refractivity contribution in [2.45, 2.75) is 54.9 Å². The van der Waals surface area contributed by atoms with Gasteiger partial charge in [-0.25, -0.2) is 4.98 Å². The van der Waals surface area contributed by atoms with Crippen LogP contribution in [0.4, 0.5) is 0 Å². The molecule has 172 valence electrons. The number of methoxy groups -OCH3 is 2. The van der Waals surface area contributed by atoms with Crippen LogP contribution in [0, 0.1) is 20.8 Å². The van der Waals surface area contributed by atoms with Gasteiger partial charge in [0.15, 0.2) is 0 Å². The van der Waals surface area contributed by atoms with Gasteiger partial charge in [-0.3, -0.25) is 0 Å². The van der Waals surface area contributed by atoms with Crippen LogP contribution in [0.25, 0.3) is 0 Å². The lowest BCUT2D eigenvalue weighted by Crippen LogP contribution is -1.96. The summed E-state index contributed by atoms with van der Waals surface area (Å²) < 4.78 is 9.77. The molecule has 0 aliphatic rings. The SMILES string of the molecule is C/C=C(\C)O.C=C(C)/C=C\CC.COc1ncc(C)c(OC)n1.Cc1cccc(C)c1. The van der Waals surface area contributed by atoms with Crippen molar-refractivity contribution >= 4 is 0 Å². The van der Waals surface area contributed by atoms with E-state index in [4.69, 9.17) is 14.6 Å². The van der Waals surface area contributed by atoms with Gasteiger partial charge in [0, 0.05) is 11.8 Å².